The van der Waals surface area contributed by atoms with Crippen molar-refractivity contribution in [1.82, 2.24) is 5.32 Å². The Kier molecular flexibility index (Phi) is 6.62. The lowest BCUT2D eigenvalue weighted by atomic mass is 9.84. The summed E-state index contributed by atoms with van der Waals surface area (Å²) in [5.41, 5.74) is 6.67. The van der Waals surface area contributed by atoms with E-state index in [1.807, 2.05) is 0 Å². The zero-order valence-corrected chi connectivity index (χ0v) is 14.9. The van der Waals surface area contributed by atoms with Gasteiger partial charge in [0.2, 0.25) is 10.0 Å². The van der Waals surface area contributed by atoms with Gasteiger partial charge in [-0.3, -0.25) is 9.52 Å². The van der Waals surface area contributed by atoms with Gasteiger partial charge in [0.15, 0.2) is 0 Å². The van der Waals surface area contributed by atoms with E-state index in [2.05, 4.69) is 10.0 Å². The minimum Gasteiger partial charge on any atom is -0.349 e. The van der Waals surface area contributed by atoms with Gasteiger partial charge >= 0.3 is 0 Å². The Labute approximate surface area is 144 Å². The van der Waals surface area contributed by atoms with Gasteiger partial charge in [-0.25, -0.2) is 8.42 Å². The molecule has 1 aromatic rings. The van der Waals surface area contributed by atoms with Crippen LogP contribution in [-0.4, -0.2) is 32.7 Å². The molecule has 1 fully saturated rings. The van der Waals surface area contributed by atoms with Gasteiger partial charge in [0.1, 0.15) is 0 Å². The monoisotopic (exact) mass is 353 g/mol. The largest absolute Gasteiger partial charge is 0.349 e. The first kappa shape index (κ1) is 18.7. The summed E-state index contributed by atoms with van der Waals surface area (Å²) in [5.74, 6) is 0.190. The number of anilines is 1. The smallest absolute Gasteiger partial charge is 0.251 e. The van der Waals surface area contributed by atoms with Crippen LogP contribution in [0.4, 0.5) is 5.69 Å². The standard InChI is InChI=1S/C17H27N3O3S/c1-2-10-24(22,23)20-15-8-5-7-13(11-15)17(21)19-16-9-4-3-6-14(16)12-18/h5,7-8,11,14,16,20H,2-4,6,9-10,12,18H2,1H3,(H,19,21). The first-order valence-corrected chi connectivity index (χ1v) is 10.2. The number of nitrogens with two attached hydrogens (primary N) is 1. The van der Waals surface area contributed by atoms with E-state index >= 15 is 0 Å². The minimum absolute atomic E-state index is 0.0592. The Balaban J connectivity index is 2.06. The molecule has 2 atom stereocenters. The maximum atomic E-state index is 12.5. The molecule has 2 rings (SSSR count). The second-order valence-corrected chi connectivity index (χ2v) is 8.20. The maximum absolute atomic E-state index is 12.5. The molecular weight excluding hydrogens is 326 g/mol. The van der Waals surface area contributed by atoms with Gasteiger partial charge in [0.05, 0.1) is 5.75 Å². The summed E-state index contributed by atoms with van der Waals surface area (Å²) in [5, 5.41) is 3.06. The Bertz CT molecular complexity index is 661. The van der Waals surface area contributed by atoms with Crippen molar-refractivity contribution >= 4 is 21.6 Å². The molecule has 0 bridgehead atoms. The van der Waals surface area contributed by atoms with E-state index in [0.717, 1.165) is 25.7 Å². The Morgan fingerprint density at radius 3 is 2.75 bits per heavy atom. The molecule has 134 valence electrons. The topological polar surface area (TPSA) is 101 Å². The van der Waals surface area contributed by atoms with Crippen molar-refractivity contribution in [3.8, 4) is 0 Å². The molecule has 6 nitrogen and oxygen atoms in total. The molecular formula is C17H27N3O3S. The fourth-order valence-electron chi connectivity index (χ4n) is 3.15. The molecule has 1 aliphatic rings. The highest BCUT2D eigenvalue weighted by atomic mass is 32.2. The van der Waals surface area contributed by atoms with Gasteiger partial charge in [-0.05, 0) is 49.9 Å². The van der Waals surface area contributed by atoms with Crippen molar-refractivity contribution in [1.29, 1.82) is 0 Å². The van der Waals surface area contributed by atoms with Crippen LogP contribution in [-0.2, 0) is 10.0 Å². The highest BCUT2D eigenvalue weighted by Crippen LogP contribution is 2.24. The Morgan fingerprint density at radius 1 is 1.29 bits per heavy atom. The van der Waals surface area contributed by atoms with Crippen LogP contribution >= 0.6 is 0 Å². The number of hydrogen-bond acceptors (Lipinski definition) is 4. The summed E-state index contributed by atoms with van der Waals surface area (Å²) in [6.45, 7) is 2.38. The molecule has 7 heteroatoms. The van der Waals surface area contributed by atoms with E-state index in [1.165, 1.54) is 0 Å². The predicted molar refractivity (Wildman–Crippen MR) is 96.4 cm³/mol. The minimum atomic E-state index is -3.37. The van der Waals surface area contributed by atoms with Gasteiger partial charge in [-0.15, -0.1) is 0 Å². The zero-order valence-electron chi connectivity index (χ0n) is 14.1. The Morgan fingerprint density at radius 2 is 2.04 bits per heavy atom. The van der Waals surface area contributed by atoms with Crippen molar-refractivity contribution < 1.29 is 13.2 Å². The lowest BCUT2D eigenvalue weighted by Gasteiger charge is -2.31. The zero-order chi connectivity index (χ0) is 17.6. The lowest BCUT2D eigenvalue weighted by molar-refractivity contribution is 0.0908. The number of rotatable bonds is 7. The molecule has 24 heavy (non-hydrogen) atoms. The molecule has 0 aliphatic heterocycles. The molecule has 0 heterocycles. The van der Waals surface area contributed by atoms with Gasteiger partial charge < -0.3 is 11.1 Å². The highest BCUT2D eigenvalue weighted by Gasteiger charge is 2.25. The summed E-state index contributed by atoms with van der Waals surface area (Å²) >= 11 is 0. The third kappa shape index (κ3) is 5.21. The average Bonchev–Trinajstić information content (AvgIpc) is 2.55. The van der Waals surface area contributed by atoms with E-state index in [1.54, 1.807) is 31.2 Å². The SMILES string of the molecule is CCCS(=O)(=O)Nc1cccc(C(=O)NC2CCCCC2CN)c1. The predicted octanol–water partition coefficient (Wildman–Crippen LogP) is 2.09. The van der Waals surface area contributed by atoms with Crippen LogP contribution in [0, 0.1) is 5.92 Å². The van der Waals surface area contributed by atoms with E-state index in [4.69, 9.17) is 5.73 Å². The number of carbonyl (C=O) groups is 1. The quantitative estimate of drug-likeness (QED) is 0.698. The van der Waals surface area contributed by atoms with E-state index in [9.17, 15) is 13.2 Å². The van der Waals surface area contributed by atoms with Crippen LogP contribution in [0.2, 0.25) is 0 Å². The molecule has 1 aliphatic carbocycles. The van der Waals surface area contributed by atoms with Crippen molar-refractivity contribution in [3.05, 3.63) is 29.8 Å². The third-order valence-electron chi connectivity index (χ3n) is 4.40. The fraction of sp³-hybridized carbons (Fsp3) is 0.588. The van der Waals surface area contributed by atoms with E-state index in [-0.39, 0.29) is 17.7 Å². The van der Waals surface area contributed by atoms with Crippen LogP contribution in [0.15, 0.2) is 24.3 Å². The second kappa shape index (κ2) is 8.48. The van der Waals surface area contributed by atoms with Crippen LogP contribution in [0.5, 0.6) is 0 Å². The van der Waals surface area contributed by atoms with Gasteiger partial charge in [0.25, 0.3) is 5.91 Å². The van der Waals surface area contributed by atoms with Crippen LogP contribution < -0.4 is 15.8 Å². The van der Waals surface area contributed by atoms with Gasteiger partial charge in [-0.1, -0.05) is 25.8 Å². The number of amides is 1. The maximum Gasteiger partial charge on any atom is 0.251 e. The normalized spacial score (nSPS) is 21.2. The Hall–Kier alpha value is -1.60. The fourth-order valence-corrected chi connectivity index (χ4v) is 4.28. The molecule has 1 aromatic carbocycles. The molecule has 1 amide bonds. The molecule has 0 spiro atoms. The highest BCUT2D eigenvalue weighted by molar-refractivity contribution is 7.92. The summed E-state index contributed by atoms with van der Waals surface area (Å²) in [6, 6.07) is 6.68. The summed E-state index contributed by atoms with van der Waals surface area (Å²) < 4.78 is 26.2. The van der Waals surface area contributed by atoms with Gasteiger partial charge in [-0.2, -0.15) is 0 Å². The van der Waals surface area contributed by atoms with Crippen molar-refractivity contribution in [2.24, 2.45) is 11.7 Å². The second-order valence-electron chi connectivity index (χ2n) is 6.36. The first-order valence-electron chi connectivity index (χ1n) is 8.56. The van der Waals surface area contributed by atoms with E-state index in [0.29, 0.717) is 30.1 Å². The van der Waals surface area contributed by atoms with Crippen LogP contribution in [0.25, 0.3) is 0 Å². The average molecular weight is 353 g/mol. The molecule has 0 saturated heterocycles. The summed E-state index contributed by atoms with van der Waals surface area (Å²) in [6.07, 6.45) is 4.77. The summed E-state index contributed by atoms with van der Waals surface area (Å²) in [7, 11) is -3.37. The number of carbonyl (C=O) groups excluding carboxylic acids is 1. The van der Waals surface area contributed by atoms with Crippen molar-refractivity contribution in [3.63, 3.8) is 0 Å². The molecule has 0 aromatic heterocycles. The molecule has 2 unspecified atom stereocenters. The third-order valence-corrected chi connectivity index (χ3v) is 5.89. The molecule has 4 N–H and O–H groups in total. The molecule has 0 radical (unpaired) electrons. The number of benzene rings is 1. The van der Waals surface area contributed by atoms with Crippen LogP contribution in [0.1, 0.15) is 49.4 Å². The van der Waals surface area contributed by atoms with Crippen molar-refractivity contribution in [2.45, 2.75) is 45.1 Å². The van der Waals surface area contributed by atoms with Crippen LogP contribution in [0.3, 0.4) is 0 Å². The molecule has 1 saturated carbocycles. The number of nitrogens with one attached hydrogen (secondary N) is 2. The van der Waals surface area contributed by atoms with Gasteiger partial charge in [0, 0.05) is 17.3 Å². The number of sulfonamides is 1. The van der Waals surface area contributed by atoms with Crippen molar-refractivity contribution in [2.75, 3.05) is 17.0 Å². The summed E-state index contributed by atoms with van der Waals surface area (Å²) in [4.78, 5) is 12.5. The number of hydrogen-bond donors (Lipinski definition) is 3. The lowest BCUT2D eigenvalue weighted by Crippen LogP contribution is -2.44. The first-order chi connectivity index (χ1) is 11.4. The van der Waals surface area contributed by atoms with E-state index < -0.39 is 10.0 Å².